The number of hydrogen-bond donors (Lipinski definition) is 2. The maximum Gasteiger partial charge on any atom is 0.234 e. The predicted molar refractivity (Wildman–Crippen MR) is 70.7 cm³/mol. The Labute approximate surface area is 105 Å². The largest absolute Gasteiger partial charge is 0.353 e. The average molecular weight is 241 g/mol. The molecule has 100 valence electrons. The molecule has 1 heterocycles. The molecule has 17 heavy (non-hydrogen) atoms. The van der Waals surface area contributed by atoms with E-state index in [2.05, 4.69) is 24.1 Å². The van der Waals surface area contributed by atoms with E-state index in [1.807, 2.05) is 0 Å². The Morgan fingerprint density at radius 1 is 1.47 bits per heavy atom. The summed E-state index contributed by atoms with van der Waals surface area (Å²) in [4.78, 5) is 14.0. The fourth-order valence-corrected chi connectivity index (χ4v) is 2.41. The normalized spacial score (nSPS) is 20.2. The third-order valence-corrected chi connectivity index (χ3v) is 3.54. The minimum absolute atomic E-state index is 0.164. The molecule has 1 atom stereocenters. The molecule has 1 unspecified atom stereocenters. The van der Waals surface area contributed by atoms with Crippen LogP contribution >= 0.6 is 0 Å². The zero-order chi connectivity index (χ0) is 12.7. The molecule has 1 saturated heterocycles. The Morgan fingerprint density at radius 2 is 2.12 bits per heavy atom. The van der Waals surface area contributed by atoms with Gasteiger partial charge in [-0.25, -0.2) is 0 Å². The van der Waals surface area contributed by atoms with E-state index in [0.717, 1.165) is 45.3 Å². The molecule has 1 amide bonds. The number of nitrogens with one attached hydrogen (secondary N) is 1. The van der Waals surface area contributed by atoms with Crippen molar-refractivity contribution in [3.8, 4) is 0 Å². The lowest BCUT2D eigenvalue weighted by Gasteiger charge is -2.31. The second kappa shape index (κ2) is 7.67. The third kappa shape index (κ3) is 5.50. The van der Waals surface area contributed by atoms with Crippen LogP contribution in [0.15, 0.2) is 0 Å². The molecule has 1 aliphatic heterocycles. The number of carbonyl (C=O) groups is 1. The van der Waals surface area contributed by atoms with E-state index in [9.17, 15) is 4.79 Å². The quantitative estimate of drug-likeness (QED) is 0.728. The highest BCUT2D eigenvalue weighted by Gasteiger charge is 2.20. The summed E-state index contributed by atoms with van der Waals surface area (Å²) in [6.07, 6.45) is 4.44. The van der Waals surface area contributed by atoms with Gasteiger partial charge in [0.25, 0.3) is 0 Å². The van der Waals surface area contributed by atoms with Crippen molar-refractivity contribution in [3.63, 3.8) is 0 Å². The van der Waals surface area contributed by atoms with Crippen LogP contribution in [0.3, 0.4) is 0 Å². The molecule has 0 saturated carbocycles. The Morgan fingerprint density at radius 3 is 2.65 bits per heavy atom. The van der Waals surface area contributed by atoms with Crippen molar-refractivity contribution in [2.24, 2.45) is 11.7 Å². The summed E-state index contributed by atoms with van der Waals surface area (Å²) in [7, 11) is 0. The number of likely N-dealkylation sites (tertiary alicyclic amines) is 1. The standard InChI is InChI=1S/C13H27N3O/c1-3-4-11(2)15-13(17)10-16-7-5-12(9-14)6-8-16/h11-12H,3-10,14H2,1-2H3,(H,15,17). The molecule has 4 nitrogen and oxygen atoms in total. The van der Waals surface area contributed by atoms with Crippen LogP contribution in [-0.4, -0.2) is 43.0 Å². The molecule has 4 heteroatoms. The van der Waals surface area contributed by atoms with Crippen molar-refractivity contribution >= 4 is 5.91 Å². The van der Waals surface area contributed by atoms with E-state index in [-0.39, 0.29) is 5.91 Å². The average Bonchev–Trinajstić information content (AvgIpc) is 2.30. The molecule has 0 radical (unpaired) electrons. The fraction of sp³-hybridized carbons (Fsp3) is 0.923. The molecular formula is C13H27N3O. The minimum atomic E-state index is 0.164. The van der Waals surface area contributed by atoms with Crippen LogP contribution < -0.4 is 11.1 Å². The summed E-state index contributed by atoms with van der Waals surface area (Å²) >= 11 is 0. The lowest BCUT2D eigenvalue weighted by atomic mass is 9.97. The van der Waals surface area contributed by atoms with E-state index in [4.69, 9.17) is 5.73 Å². The maximum atomic E-state index is 11.8. The number of rotatable bonds is 6. The van der Waals surface area contributed by atoms with Gasteiger partial charge in [-0.3, -0.25) is 9.69 Å². The second-order valence-electron chi connectivity index (χ2n) is 5.21. The summed E-state index contributed by atoms with van der Waals surface area (Å²) in [6, 6.07) is 0.300. The number of hydrogen-bond acceptors (Lipinski definition) is 3. The molecule has 0 aromatic heterocycles. The van der Waals surface area contributed by atoms with Gasteiger partial charge in [-0.2, -0.15) is 0 Å². The van der Waals surface area contributed by atoms with Crippen LogP contribution in [0, 0.1) is 5.92 Å². The monoisotopic (exact) mass is 241 g/mol. The number of piperidine rings is 1. The van der Waals surface area contributed by atoms with Gasteiger partial charge in [-0.1, -0.05) is 13.3 Å². The molecule has 0 aromatic carbocycles. The van der Waals surface area contributed by atoms with E-state index < -0.39 is 0 Å². The smallest absolute Gasteiger partial charge is 0.234 e. The van der Waals surface area contributed by atoms with Crippen molar-refractivity contribution < 1.29 is 4.79 Å². The zero-order valence-electron chi connectivity index (χ0n) is 11.2. The van der Waals surface area contributed by atoms with Gasteiger partial charge < -0.3 is 11.1 Å². The Balaban J connectivity index is 2.19. The molecule has 1 rings (SSSR count). The van der Waals surface area contributed by atoms with Gasteiger partial charge >= 0.3 is 0 Å². The van der Waals surface area contributed by atoms with Gasteiger partial charge in [0, 0.05) is 6.04 Å². The first-order chi connectivity index (χ1) is 8.15. The topological polar surface area (TPSA) is 58.4 Å². The highest BCUT2D eigenvalue weighted by Crippen LogP contribution is 2.15. The Hall–Kier alpha value is -0.610. The van der Waals surface area contributed by atoms with Crippen LogP contribution in [0.1, 0.15) is 39.5 Å². The first-order valence-corrected chi connectivity index (χ1v) is 6.87. The van der Waals surface area contributed by atoms with Gasteiger partial charge in [0.1, 0.15) is 0 Å². The van der Waals surface area contributed by atoms with Gasteiger partial charge in [0.2, 0.25) is 5.91 Å². The van der Waals surface area contributed by atoms with Crippen molar-refractivity contribution in [3.05, 3.63) is 0 Å². The third-order valence-electron chi connectivity index (χ3n) is 3.54. The van der Waals surface area contributed by atoms with Crippen LogP contribution in [0.25, 0.3) is 0 Å². The highest BCUT2D eigenvalue weighted by atomic mass is 16.2. The molecule has 0 spiro atoms. The number of nitrogens with zero attached hydrogens (tertiary/aromatic N) is 1. The molecule has 3 N–H and O–H groups in total. The number of carbonyl (C=O) groups excluding carboxylic acids is 1. The first kappa shape index (κ1) is 14.5. The molecule has 0 aromatic rings. The summed E-state index contributed by atoms with van der Waals surface area (Å²) in [6.45, 7) is 7.57. The van der Waals surface area contributed by atoms with E-state index >= 15 is 0 Å². The van der Waals surface area contributed by atoms with Crippen LogP contribution in [0.5, 0.6) is 0 Å². The molecule has 0 bridgehead atoms. The van der Waals surface area contributed by atoms with Gasteiger partial charge in [-0.05, 0) is 51.7 Å². The first-order valence-electron chi connectivity index (χ1n) is 6.87. The van der Waals surface area contributed by atoms with Crippen LogP contribution in [-0.2, 0) is 4.79 Å². The van der Waals surface area contributed by atoms with Crippen molar-refractivity contribution in [1.29, 1.82) is 0 Å². The van der Waals surface area contributed by atoms with Gasteiger partial charge in [-0.15, -0.1) is 0 Å². The molecule has 1 aliphatic rings. The maximum absolute atomic E-state index is 11.8. The summed E-state index contributed by atoms with van der Waals surface area (Å²) < 4.78 is 0. The van der Waals surface area contributed by atoms with Crippen LogP contribution in [0.2, 0.25) is 0 Å². The SMILES string of the molecule is CCCC(C)NC(=O)CN1CCC(CN)CC1. The minimum Gasteiger partial charge on any atom is -0.353 e. The van der Waals surface area contributed by atoms with Crippen molar-refractivity contribution in [2.45, 2.75) is 45.6 Å². The second-order valence-corrected chi connectivity index (χ2v) is 5.21. The fourth-order valence-electron chi connectivity index (χ4n) is 2.41. The lowest BCUT2D eigenvalue weighted by molar-refractivity contribution is -0.123. The number of nitrogens with two attached hydrogens (primary N) is 1. The van der Waals surface area contributed by atoms with Crippen molar-refractivity contribution in [1.82, 2.24) is 10.2 Å². The Kier molecular flexibility index (Phi) is 6.52. The lowest BCUT2D eigenvalue weighted by Crippen LogP contribution is -2.44. The van der Waals surface area contributed by atoms with Gasteiger partial charge in [0.05, 0.1) is 6.54 Å². The molecular weight excluding hydrogens is 214 g/mol. The highest BCUT2D eigenvalue weighted by molar-refractivity contribution is 5.78. The summed E-state index contributed by atoms with van der Waals surface area (Å²) in [5, 5.41) is 3.05. The van der Waals surface area contributed by atoms with E-state index in [0.29, 0.717) is 18.5 Å². The van der Waals surface area contributed by atoms with Crippen LogP contribution in [0.4, 0.5) is 0 Å². The Bertz CT molecular complexity index is 225. The summed E-state index contributed by atoms with van der Waals surface area (Å²) in [5.41, 5.74) is 5.65. The number of amides is 1. The molecule has 1 fully saturated rings. The van der Waals surface area contributed by atoms with Gasteiger partial charge in [0.15, 0.2) is 0 Å². The summed E-state index contributed by atoms with van der Waals surface area (Å²) in [5.74, 6) is 0.825. The predicted octanol–water partition coefficient (Wildman–Crippen LogP) is 0.962. The van der Waals surface area contributed by atoms with Crippen molar-refractivity contribution in [2.75, 3.05) is 26.2 Å². The van der Waals surface area contributed by atoms with E-state index in [1.165, 1.54) is 0 Å². The van der Waals surface area contributed by atoms with E-state index in [1.54, 1.807) is 0 Å². The zero-order valence-corrected chi connectivity index (χ0v) is 11.2. The molecule has 0 aliphatic carbocycles.